The van der Waals surface area contributed by atoms with Gasteiger partial charge in [-0.25, -0.2) is 4.79 Å². The fourth-order valence-electron chi connectivity index (χ4n) is 2.26. The van der Waals surface area contributed by atoms with E-state index in [1.807, 2.05) is 19.1 Å². The Hall–Kier alpha value is -1.75. The van der Waals surface area contributed by atoms with E-state index in [0.717, 1.165) is 29.7 Å². The van der Waals surface area contributed by atoms with Crippen LogP contribution < -0.4 is 14.8 Å². The number of methoxy groups -OCH3 is 1. The van der Waals surface area contributed by atoms with Gasteiger partial charge in [0.15, 0.2) is 11.5 Å². The van der Waals surface area contributed by atoms with Gasteiger partial charge >= 0.3 is 5.97 Å². The molecule has 1 saturated carbocycles. The third-order valence-corrected chi connectivity index (χ3v) is 3.49. The summed E-state index contributed by atoms with van der Waals surface area (Å²) in [5, 5.41) is 3.32. The quantitative estimate of drug-likeness (QED) is 0.838. The van der Waals surface area contributed by atoms with Gasteiger partial charge in [-0.15, -0.1) is 0 Å². The molecule has 1 unspecified atom stereocenters. The van der Waals surface area contributed by atoms with Gasteiger partial charge in [-0.05, 0) is 43.0 Å². The summed E-state index contributed by atoms with van der Waals surface area (Å²) in [6.45, 7) is 2.19. The maximum absolute atomic E-state index is 12.0. The summed E-state index contributed by atoms with van der Waals surface area (Å²) in [6.07, 6.45) is 2.22. The molecule has 2 aliphatic rings. The van der Waals surface area contributed by atoms with Crippen molar-refractivity contribution in [3.05, 3.63) is 23.3 Å². The van der Waals surface area contributed by atoms with Gasteiger partial charge in [-0.2, -0.15) is 0 Å². The molecule has 1 heterocycles. The molecule has 0 aromatic heterocycles. The molecule has 1 atom stereocenters. The van der Waals surface area contributed by atoms with Crippen molar-refractivity contribution in [2.24, 2.45) is 0 Å². The van der Waals surface area contributed by atoms with Gasteiger partial charge in [-0.3, -0.25) is 5.32 Å². The zero-order valence-electron chi connectivity index (χ0n) is 11.1. The number of nitrogens with one attached hydrogen (secondary N) is 1. The monoisotopic (exact) mass is 263 g/mol. The van der Waals surface area contributed by atoms with Crippen LogP contribution in [-0.2, 0) is 9.53 Å². The molecule has 1 aromatic carbocycles. The third-order valence-electron chi connectivity index (χ3n) is 3.49. The molecule has 0 bridgehead atoms. The minimum Gasteiger partial charge on any atom is -0.468 e. The predicted molar refractivity (Wildman–Crippen MR) is 68.2 cm³/mol. The van der Waals surface area contributed by atoms with Crippen LogP contribution in [0.4, 0.5) is 0 Å². The van der Waals surface area contributed by atoms with Crippen molar-refractivity contribution in [1.29, 1.82) is 0 Å². The van der Waals surface area contributed by atoms with E-state index in [9.17, 15) is 4.79 Å². The van der Waals surface area contributed by atoms with Crippen molar-refractivity contribution < 1.29 is 19.0 Å². The van der Waals surface area contributed by atoms with Crippen LogP contribution in [0.3, 0.4) is 0 Å². The molecule has 0 spiro atoms. The number of aryl methyl sites for hydroxylation is 1. The Balaban J connectivity index is 1.94. The second-order valence-electron chi connectivity index (χ2n) is 4.96. The van der Waals surface area contributed by atoms with Crippen LogP contribution in [0.1, 0.15) is 30.0 Å². The lowest BCUT2D eigenvalue weighted by atomic mass is 10.00. The Morgan fingerprint density at radius 3 is 2.68 bits per heavy atom. The summed E-state index contributed by atoms with van der Waals surface area (Å²) in [5.41, 5.74) is 1.89. The Morgan fingerprint density at radius 2 is 2.05 bits per heavy atom. The van der Waals surface area contributed by atoms with Crippen LogP contribution in [0.2, 0.25) is 0 Å². The van der Waals surface area contributed by atoms with E-state index in [0.29, 0.717) is 11.8 Å². The summed E-state index contributed by atoms with van der Waals surface area (Å²) < 4.78 is 15.6. The van der Waals surface area contributed by atoms with Crippen LogP contribution in [0.25, 0.3) is 0 Å². The van der Waals surface area contributed by atoms with Crippen LogP contribution in [0.5, 0.6) is 11.5 Å². The maximum Gasteiger partial charge on any atom is 0.327 e. The molecule has 1 N–H and O–H groups in total. The molecule has 0 saturated heterocycles. The highest BCUT2D eigenvalue weighted by atomic mass is 16.7. The van der Waals surface area contributed by atoms with E-state index in [4.69, 9.17) is 14.2 Å². The average molecular weight is 263 g/mol. The van der Waals surface area contributed by atoms with Gasteiger partial charge in [0.25, 0.3) is 0 Å². The third kappa shape index (κ3) is 2.38. The van der Waals surface area contributed by atoms with Crippen LogP contribution in [0.15, 0.2) is 12.1 Å². The number of esters is 1. The second-order valence-corrected chi connectivity index (χ2v) is 4.96. The number of rotatable bonds is 4. The SMILES string of the molecule is COC(=O)C(NC1CC1)c1cc2c(cc1C)OCO2. The minimum atomic E-state index is -0.438. The molecule has 5 heteroatoms. The number of fused-ring (bicyclic) bond motifs is 1. The first kappa shape index (κ1) is 12.3. The fourth-order valence-corrected chi connectivity index (χ4v) is 2.26. The number of hydrogen-bond donors (Lipinski definition) is 1. The lowest BCUT2D eigenvalue weighted by Crippen LogP contribution is -2.31. The second kappa shape index (κ2) is 4.74. The normalized spacial score (nSPS) is 18.2. The van der Waals surface area contributed by atoms with E-state index in [1.54, 1.807) is 0 Å². The molecule has 0 radical (unpaired) electrons. The Bertz CT molecular complexity index is 510. The first-order chi connectivity index (χ1) is 9.19. The summed E-state index contributed by atoms with van der Waals surface area (Å²) in [6, 6.07) is 3.75. The van der Waals surface area contributed by atoms with Crippen LogP contribution in [0, 0.1) is 6.92 Å². The predicted octanol–water partition coefficient (Wildman–Crippen LogP) is 1.69. The van der Waals surface area contributed by atoms with Crippen molar-refractivity contribution in [1.82, 2.24) is 5.32 Å². The molecule has 1 fully saturated rings. The van der Waals surface area contributed by atoms with E-state index in [-0.39, 0.29) is 12.8 Å². The van der Waals surface area contributed by atoms with E-state index >= 15 is 0 Å². The molecule has 1 aliphatic carbocycles. The molecule has 3 rings (SSSR count). The summed E-state index contributed by atoms with van der Waals surface area (Å²) >= 11 is 0. The van der Waals surface area contributed by atoms with Gasteiger partial charge in [-0.1, -0.05) is 0 Å². The highest BCUT2D eigenvalue weighted by Crippen LogP contribution is 2.37. The molecule has 5 nitrogen and oxygen atoms in total. The minimum absolute atomic E-state index is 0.233. The molecule has 1 aromatic rings. The number of carbonyl (C=O) groups is 1. The van der Waals surface area contributed by atoms with Crippen LogP contribution in [-0.4, -0.2) is 25.9 Å². The van der Waals surface area contributed by atoms with Crippen molar-refractivity contribution in [2.75, 3.05) is 13.9 Å². The Labute approximate surface area is 111 Å². The van der Waals surface area contributed by atoms with Crippen molar-refractivity contribution in [3.63, 3.8) is 0 Å². The van der Waals surface area contributed by atoms with Crippen LogP contribution >= 0.6 is 0 Å². The lowest BCUT2D eigenvalue weighted by molar-refractivity contribution is -0.143. The van der Waals surface area contributed by atoms with E-state index in [1.165, 1.54) is 7.11 Å². The molecule has 102 valence electrons. The zero-order valence-corrected chi connectivity index (χ0v) is 11.1. The summed E-state index contributed by atoms with van der Waals surface area (Å²) in [5.74, 6) is 1.15. The van der Waals surface area contributed by atoms with E-state index in [2.05, 4.69) is 5.32 Å². The van der Waals surface area contributed by atoms with Gasteiger partial charge < -0.3 is 14.2 Å². The molecule has 19 heavy (non-hydrogen) atoms. The molecule has 0 amide bonds. The smallest absolute Gasteiger partial charge is 0.327 e. The van der Waals surface area contributed by atoms with Crippen molar-refractivity contribution >= 4 is 5.97 Å². The number of ether oxygens (including phenoxy) is 3. The maximum atomic E-state index is 12.0. The average Bonchev–Trinajstić information content (AvgIpc) is 3.12. The van der Waals surface area contributed by atoms with Crippen molar-refractivity contribution in [3.8, 4) is 11.5 Å². The van der Waals surface area contributed by atoms with Gasteiger partial charge in [0, 0.05) is 6.04 Å². The standard InChI is InChI=1S/C14H17NO4/c1-8-5-11-12(19-7-18-11)6-10(8)13(14(16)17-2)15-9-3-4-9/h5-6,9,13,15H,3-4,7H2,1-2H3. The van der Waals surface area contributed by atoms with E-state index < -0.39 is 6.04 Å². The van der Waals surface area contributed by atoms with Gasteiger partial charge in [0.1, 0.15) is 6.04 Å². The number of benzene rings is 1. The summed E-state index contributed by atoms with van der Waals surface area (Å²) in [7, 11) is 1.41. The fraction of sp³-hybridized carbons (Fsp3) is 0.500. The van der Waals surface area contributed by atoms with Gasteiger partial charge in [0.05, 0.1) is 7.11 Å². The first-order valence-corrected chi connectivity index (χ1v) is 6.43. The number of hydrogen-bond acceptors (Lipinski definition) is 5. The lowest BCUT2D eigenvalue weighted by Gasteiger charge is -2.19. The summed E-state index contributed by atoms with van der Waals surface area (Å²) in [4.78, 5) is 12.0. The van der Waals surface area contributed by atoms with Crippen molar-refractivity contribution in [2.45, 2.75) is 31.8 Å². The first-order valence-electron chi connectivity index (χ1n) is 6.43. The Kier molecular flexibility index (Phi) is 3.06. The molecule has 1 aliphatic heterocycles. The number of carbonyl (C=O) groups excluding carboxylic acids is 1. The highest BCUT2D eigenvalue weighted by molar-refractivity contribution is 5.78. The molecular weight excluding hydrogens is 246 g/mol. The zero-order chi connectivity index (χ0) is 13.4. The topological polar surface area (TPSA) is 56.8 Å². The Morgan fingerprint density at radius 1 is 1.37 bits per heavy atom. The largest absolute Gasteiger partial charge is 0.468 e. The van der Waals surface area contributed by atoms with Gasteiger partial charge in [0.2, 0.25) is 6.79 Å². The highest BCUT2D eigenvalue weighted by Gasteiger charge is 2.32. The molecular formula is C14H17NO4.